The molecule has 2 aromatic carbocycles. The molecule has 1 amide bonds. The number of sulfonamides is 1. The molecule has 0 aromatic heterocycles. The van der Waals surface area contributed by atoms with Gasteiger partial charge < -0.3 is 4.90 Å². The van der Waals surface area contributed by atoms with Crippen molar-refractivity contribution in [2.75, 3.05) is 26.2 Å². The van der Waals surface area contributed by atoms with Gasteiger partial charge in [-0.05, 0) is 35.3 Å². The zero-order valence-corrected chi connectivity index (χ0v) is 17.1. The van der Waals surface area contributed by atoms with Crippen molar-refractivity contribution in [2.24, 2.45) is 0 Å². The van der Waals surface area contributed by atoms with Crippen LogP contribution < -0.4 is 0 Å². The molecule has 0 saturated carbocycles. The quantitative estimate of drug-likeness (QED) is 0.726. The molecule has 1 saturated heterocycles. The number of rotatable bonds is 5. The smallest absolute Gasteiger partial charge is 0.246 e. The van der Waals surface area contributed by atoms with Crippen molar-refractivity contribution in [3.63, 3.8) is 0 Å². The van der Waals surface area contributed by atoms with Crippen molar-refractivity contribution in [3.05, 3.63) is 71.8 Å². The van der Waals surface area contributed by atoms with Crippen LogP contribution in [0, 0.1) is 0 Å². The Morgan fingerprint density at radius 1 is 0.929 bits per heavy atom. The number of carbonyl (C=O) groups is 1. The van der Waals surface area contributed by atoms with E-state index in [1.165, 1.54) is 4.31 Å². The van der Waals surface area contributed by atoms with Gasteiger partial charge >= 0.3 is 0 Å². The van der Waals surface area contributed by atoms with Crippen molar-refractivity contribution < 1.29 is 13.2 Å². The Morgan fingerprint density at radius 3 is 2.11 bits per heavy atom. The maximum absolute atomic E-state index is 12.9. The number of hydrogen-bond acceptors (Lipinski definition) is 3. The number of piperazine rings is 1. The van der Waals surface area contributed by atoms with E-state index >= 15 is 0 Å². The Morgan fingerprint density at radius 2 is 1.54 bits per heavy atom. The summed E-state index contributed by atoms with van der Waals surface area (Å²) < 4.78 is 27.2. The van der Waals surface area contributed by atoms with Crippen LogP contribution in [0.3, 0.4) is 0 Å². The molecular formula is C22H26N2O3S. The van der Waals surface area contributed by atoms with Crippen molar-refractivity contribution in [3.8, 4) is 0 Å². The lowest BCUT2D eigenvalue weighted by molar-refractivity contribution is -0.127. The first-order chi connectivity index (χ1) is 13.4. The van der Waals surface area contributed by atoms with Crippen LogP contribution >= 0.6 is 0 Å². The summed E-state index contributed by atoms with van der Waals surface area (Å²) in [5.74, 6) is 0.262. The molecule has 148 valence electrons. The van der Waals surface area contributed by atoms with Crippen molar-refractivity contribution in [1.29, 1.82) is 0 Å². The zero-order chi connectivity index (χ0) is 20.1. The molecule has 0 spiro atoms. The first-order valence-corrected chi connectivity index (χ1v) is 10.9. The second-order valence-electron chi connectivity index (χ2n) is 7.20. The van der Waals surface area contributed by atoms with Gasteiger partial charge in [-0.15, -0.1) is 0 Å². The summed E-state index contributed by atoms with van der Waals surface area (Å²) in [6.07, 6.45) is 3.33. The van der Waals surface area contributed by atoms with Gasteiger partial charge in [0, 0.05) is 32.3 Å². The van der Waals surface area contributed by atoms with E-state index in [0.29, 0.717) is 37.0 Å². The number of nitrogens with zero attached hydrogens (tertiary/aromatic N) is 2. The third-order valence-corrected chi connectivity index (χ3v) is 6.87. The van der Waals surface area contributed by atoms with E-state index in [0.717, 1.165) is 11.1 Å². The summed E-state index contributed by atoms with van der Waals surface area (Å²) >= 11 is 0. The van der Waals surface area contributed by atoms with E-state index in [9.17, 15) is 13.2 Å². The van der Waals surface area contributed by atoms with E-state index in [-0.39, 0.29) is 5.91 Å². The molecule has 0 aliphatic carbocycles. The SMILES string of the molecule is CC(C)c1ccc(S(=O)(=O)N2CCN(C(=O)/C=C/c3ccccc3)CC2)cc1. The van der Waals surface area contributed by atoms with Gasteiger partial charge in [0.25, 0.3) is 0 Å². The van der Waals surface area contributed by atoms with E-state index in [1.54, 1.807) is 29.2 Å². The highest BCUT2D eigenvalue weighted by atomic mass is 32.2. The van der Waals surface area contributed by atoms with E-state index in [2.05, 4.69) is 13.8 Å². The molecule has 0 unspecified atom stereocenters. The molecular weight excluding hydrogens is 372 g/mol. The monoisotopic (exact) mass is 398 g/mol. The standard InChI is InChI=1S/C22H26N2O3S/c1-18(2)20-9-11-21(12-10-20)28(26,27)24-16-14-23(15-17-24)22(25)13-8-19-6-4-3-5-7-19/h3-13,18H,14-17H2,1-2H3/b13-8+. The average molecular weight is 399 g/mol. The molecule has 1 aliphatic heterocycles. The molecule has 5 nitrogen and oxygen atoms in total. The predicted molar refractivity (Wildman–Crippen MR) is 111 cm³/mol. The van der Waals surface area contributed by atoms with Gasteiger partial charge in [0.2, 0.25) is 15.9 Å². The van der Waals surface area contributed by atoms with Crippen LogP contribution in [0.5, 0.6) is 0 Å². The normalized spacial score (nSPS) is 16.0. The topological polar surface area (TPSA) is 57.7 Å². The largest absolute Gasteiger partial charge is 0.337 e. The Labute approximate surface area is 167 Å². The van der Waals surface area contributed by atoms with Crippen molar-refractivity contribution >= 4 is 22.0 Å². The molecule has 3 rings (SSSR count). The Bertz CT molecular complexity index is 928. The Balaban J connectivity index is 1.61. The summed E-state index contributed by atoms with van der Waals surface area (Å²) in [7, 11) is -3.53. The Hall–Kier alpha value is -2.44. The second-order valence-corrected chi connectivity index (χ2v) is 9.14. The van der Waals surface area contributed by atoms with E-state index in [1.807, 2.05) is 42.5 Å². The lowest BCUT2D eigenvalue weighted by atomic mass is 10.0. The van der Waals surface area contributed by atoms with Crippen LogP contribution in [-0.2, 0) is 14.8 Å². The number of amides is 1. The zero-order valence-electron chi connectivity index (χ0n) is 16.3. The molecule has 2 aromatic rings. The highest BCUT2D eigenvalue weighted by molar-refractivity contribution is 7.89. The van der Waals surface area contributed by atoms with Crippen molar-refractivity contribution in [1.82, 2.24) is 9.21 Å². The molecule has 1 heterocycles. The first kappa shape index (κ1) is 20.3. The fourth-order valence-corrected chi connectivity index (χ4v) is 4.58. The van der Waals surface area contributed by atoms with Gasteiger partial charge in [0.15, 0.2) is 0 Å². The predicted octanol–water partition coefficient (Wildman–Crippen LogP) is 3.36. The van der Waals surface area contributed by atoms with Gasteiger partial charge in [-0.1, -0.05) is 56.3 Å². The highest BCUT2D eigenvalue weighted by Gasteiger charge is 2.29. The number of benzene rings is 2. The lowest BCUT2D eigenvalue weighted by Gasteiger charge is -2.33. The summed E-state index contributed by atoms with van der Waals surface area (Å²) in [6, 6.07) is 16.7. The molecule has 1 aliphatic rings. The average Bonchev–Trinajstić information content (AvgIpc) is 2.73. The summed E-state index contributed by atoms with van der Waals surface area (Å²) in [5, 5.41) is 0. The third kappa shape index (κ3) is 4.69. The summed E-state index contributed by atoms with van der Waals surface area (Å²) in [6.45, 7) is 5.54. The minimum atomic E-state index is -3.53. The van der Waals surface area contributed by atoms with Gasteiger partial charge in [-0.2, -0.15) is 4.31 Å². The molecule has 28 heavy (non-hydrogen) atoms. The molecule has 6 heteroatoms. The van der Waals surface area contributed by atoms with Crippen LogP contribution in [0.25, 0.3) is 6.08 Å². The fourth-order valence-electron chi connectivity index (χ4n) is 3.16. The number of hydrogen-bond donors (Lipinski definition) is 0. The van der Waals surface area contributed by atoms with E-state index in [4.69, 9.17) is 0 Å². The maximum atomic E-state index is 12.9. The molecule has 0 N–H and O–H groups in total. The minimum Gasteiger partial charge on any atom is -0.337 e. The second kappa shape index (κ2) is 8.71. The third-order valence-electron chi connectivity index (χ3n) is 4.95. The lowest BCUT2D eigenvalue weighted by Crippen LogP contribution is -2.50. The van der Waals surface area contributed by atoms with Gasteiger partial charge in [-0.3, -0.25) is 4.79 Å². The van der Waals surface area contributed by atoms with Crippen LogP contribution in [0.15, 0.2) is 65.6 Å². The number of carbonyl (C=O) groups excluding carboxylic acids is 1. The molecule has 0 radical (unpaired) electrons. The van der Waals surface area contributed by atoms with Crippen LogP contribution in [0.1, 0.15) is 30.9 Å². The molecule has 1 fully saturated rings. The molecule has 0 atom stereocenters. The van der Waals surface area contributed by atoms with Crippen LogP contribution in [0.4, 0.5) is 0 Å². The van der Waals surface area contributed by atoms with Crippen molar-refractivity contribution in [2.45, 2.75) is 24.7 Å². The summed E-state index contributed by atoms with van der Waals surface area (Å²) in [5.41, 5.74) is 2.07. The van der Waals surface area contributed by atoms with E-state index < -0.39 is 10.0 Å². The summed E-state index contributed by atoms with van der Waals surface area (Å²) in [4.78, 5) is 14.4. The van der Waals surface area contributed by atoms with Gasteiger partial charge in [0.1, 0.15) is 0 Å². The van der Waals surface area contributed by atoms with Gasteiger partial charge in [-0.25, -0.2) is 8.42 Å². The van der Waals surface area contributed by atoms with Crippen LogP contribution in [-0.4, -0.2) is 49.7 Å². The fraction of sp³-hybridized carbons (Fsp3) is 0.318. The van der Waals surface area contributed by atoms with Gasteiger partial charge in [0.05, 0.1) is 4.90 Å². The maximum Gasteiger partial charge on any atom is 0.246 e. The first-order valence-electron chi connectivity index (χ1n) is 9.50. The molecule has 0 bridgehead atoms. The minimum absolute atomic E-state index is 0.0952. The highest BCUT2D eigenvalue weighted by Crippen LogP contribution is 2.21. The Kier molecular flexibility index (Phi) is 6.31. The van der Waals surface area contributed by atoms with Crippen LogP contribution in [0.2, 0.25) is 0 Å².